The fourth-order valence-corrected chi connectivity index (χ4v) is 1.38. The highest BCUT2D eigenvalue weighted by Gasteiger charge is 2.21. The van der Waals surface area contributed by atoms with Gasteiger partial charge in [0, 0.05) is 5.69 Å². The zero-order valence-electron chi connectivity index (χ0n) is 9.86. The average Bonchev–Trinajstić information content (AvgIpc) is 2.29. The van der Waals surface area contributed by atoms with E-state index in [0.29, 0.717) is 0 Å². The second-order valence-electron chi connectivity index (χ2n) is 3.21. The van der Waals surface area contributed by atoms with Crippen molar-refractivity contribution in [2.45, 2.75) is 13.8 Å². The van der Waals surface area contributed by atoms with Gasteiger partial charge in [-0.05, 0) is 26.0 Å². The van der Waals surface area contributed by atoms with Crippen molar-refractivity contribution in [3.8, 4) is 0 Å². The van der Waals surface area contributed by atoms with Crippen molar-refractivity contribution in [3.05, 3.63) is 29.3 Å². The molecule has 0 aromatic heterocycles. The normalized spacial score (nSPS) is 9.76. The third-order valence-corrected chi connectivity index (χ3v) is 2.07. The van der Waals surface area contributed by atoms with Crippen molar-refractivity contribution in [2.75, 3.05) is 18.9 Å². The molecule has 0 aliphatic heterocycles. The predicted octanol–water partition coefficient (Wildman–Crippen LogP) is 1.62. The monoisotopic (exact) mass is 237 g/mol. The minimum Gasteiger partial charge on any atom is -0.462 e. The van der Waals surface area contributed by atoms with Crippen molar-refractivity contribution >= 4 is 17.6 Å². The lowest BCUT2D eigenvalue weighted by atomic mass is 10.1. The van der Waals surface area contributed by atoms with E-state index >= 15 is 0 Å². The molecule has 1 aromatic rings. The number of carbonyl (C=O) groups is 2. The second kappa shape index (κ2) is 5.89. The molecule has 17 heavy (non-hydrogen) atoms. The van der Waals surface area contributed by atoms with Crippen molar-refractivity contribution in [3.63, 3.8) is 0 Å². The minimum atomic E-state index is -0.617. The smallest absolute Gasteiger partial charge is 0.341 e. The van der Waals surface area contributed by atoms with Gasteiger partial charge < -0.3 is 15.2 Å². The lowest BCUT2D eigenvalue weighted by Crippen LogP contribution is -2.16. The molecule has 1 aromatic carbocycles. The van der Waals surface area contributed by atoms with Crippen LogP contribution in [0.4, 0.5) is 5.69 Å². The van der Waals surface area contributed by atoms with Gasteiger partial charge in [-0.2, -0.15) is 0 Å². The summed E-state index contributed by atoms with van der Waals surface area (Å²) >= 11 is 0. The first-order chi connectivity index (χ1) is 8.11. The average molecular weight is 237 g/mol. The van der Waals surface area contributed by atoms with Crippen LogP contribution < -0.4 is 5.73 Å². The van der Waals surface area contributed by atoms with E-state index in [-0.39, 0.29) is 30.0 Å². The summed E-state index contributed by atoms with van der Waals surface area (Å²) in [7, 11) is 0. The highest BCUT2D eigenvalue weighted by Crippen LogP contribution is 2.19. The first-order valence-electron chi connectivity index (χ1n) is 5.34. The number of hydrogen-bond acceptors (Lipinski definition) is 5. The number of carbonyl (C=O) groups excluding carboxylic acids is 2. The van der Waals surface area contributed by atoms with Gasteiger partial charge in [-0.1, -0.05) is 6.07 Å². The number of nitrogens with two attached hydrogens (primary N) is 1. The van der Waals surface area contributed by atoms with Crippen LogP contribution in [0.5, 0.6) is 0 Å². The molecule has 0 amide bonds. The molecule has 0 saturated carbocycles. The molecule has 0 atom stereocenters. The van der Waals surface area contributed by atoms with E-state index in [9.17, 15) is 9.59 Å². The Balaban J connectivity index is 3.17. The Hall–Kier alpha value is -2.04. The van der Waals surface area contributed by atoms with Crippen molar-refractivity contribution in [2.24, 2.45) is 0 Å². The molecule has 2 N–H and O–H groups in total. The number of esters is 2. The summed E-state index contributed by atoms with van der Waals surface area (Å²) in [4.78, 5) is 23.3. The van der Waals surface area contributed by atoms with E-state index < -0.39 is 11.9 Å². The van der Waals surface area contributed by atoms with Crippen LogP contribution in [0.1, 0.15) is 34.6 Å². The van der Waals surface area contributed by atoms with Crippen LogP contribution in [0.2, 0.25) is 0 Å². The van der Waals surface area contributed by atoms with Gasteiger partial charge in [0.25, 0.3) is 0 Å². The summed E-state index contributed by atoms with van der Waals surface area (Å²) in [5.74, 6) is -1.20. The lowest BCUT2D eigenvalue weighted by Gasteiger charge is -2.10. The SMILES string of the molecule is CCOC(=O)c1cccc(N)c1C(=O)OCC. The molecule has 0 unspecified atom stereocenters. The maximum absolute atomic E-state index is 11.7. The second-order valence-corrected chi connectivity index (χ2v) is 3.21. The Labute approximate surface area is 99.5 Å². The van der Waals surface area contributed by atoms with E-state index in [4.69, 9.17) is 15.2 Å². The molecular weight excluding hydrogens is 222 g/mol. The third kappa shape index (κ3) is 2.96. The van der Waals surface area contributed by atoms with Crippen molar-refractivity contribution in [1.29, 1.82) is 0 Å². The van der Waals surface area contributed by atoms with Crippen LogP contribution >= 0.6 is 0 Å². The zero-order valence-corrected chi connectivity index (χ0v) is 9.86. The number of anilines is 1. The number of ether oxygens (including phenoxy) is 2. The number of rotatable bonds is 4. The highest BCUT2D eigenvalue weighted by atomic mass is 16.5. The Morgan fingerprint density at radius 2 is 1.71 bits per heavy atom. The molecular formula is C12H15NO4. The molecule has 0 saturated heterocycles. The van der Waals surface area contributed by atoms with Crippen LogP contribution in [0.15, 0.2) is 18.2 Å². The predicted molar refractivity (Wildman–Crippen MR) is 62.8 cm³/mol. The van der Waals surface area contributed by atoms with Crippen LogP contribution in [0.3, 0.4) is 0 Å². The zero-order chi connectivity index (χ0) is 12.8. The lowest BCUT2D eigenvalue weighted by molar-refractivity contribution is 0.0480. The molecule has 0 heterocycles. The fraction of sp³-hybridized carbons (Fsp3) is 0.333. The maximum Gasteiger partial charge on any atom is 0.341 e. The maximum atomic E-state index is 11.7. The van der Waals surface area contributed by atoms with Gasteiger partial charge in [0.05, 0.1) is 24.3 Å². The first kappa shape index (κ1) is 13.0. The Bertz CT molecular complexity index is 429. The Morgan fingerprint density at radius 1 is 1.12 bits per heavy atom. The number of benzene rings is 1. The van der Waals surface area contributed by atoms with Gasteiger partial charge in [-0.3, -0.25) is 0 Å². The van der Waals surface area contributed by atoms with Gasteiger partial charge in [0.15, 0.2) is 0 Å². The molecule has 0 spiro atoms. The van der Waals surface area contributed by atoms with Gasteiger partial charge >= 0.3 is 11.9 Å². The van der Waals surface area contributed by atoms with E-state index in [1.165, 1.54) is 12.1 Å². The molecule has 0 radical (unpaired) electrons. The third-order valence-electron chi connectivity index (χ3n) is 2.07. The topological polar surface area (TPSA) is 78.6 Å². The first-order valence-corrected chi connectivity index (χ1v) is 5.34. The van der Waals surface area contributed by atoms with Gasteiger partial charge in [-0.15, -0.1) is 0 Å². The van der Waals surface area contributed by atoms with Crippen molar-refractivity contribution in [1.82, 2.24) is 0 Å². The largest absolute Gasteiger partial charge is 0.462 e. The minimum absolute atomic E-state index is 0.0628. The fourth-order valence-electron chi connectivity index (χ4n) is 1.38. The van der Waals surface area contributed by atoms with E-state index in [1.54, 1.807) is 19.9 Å². The standard InChI is InChI=1S/C12H15NO4/c1-3-16-11(14)8-6-5-7-9(13)10(8)12(15)17-4-2/h5-7H,3-4,13H2,1-2H3. The molecule has 5 nitrogen and oxygen atoms in total. The highest BCUT2D eigenvalue weighted by molar-refractivity contribution is 6.06. The summed E-state index contributed by atoms with van der Waals surface area (Å²) < 4.78 is 9.70. The molecule has 0 aliphatic rings. The molecule has 0 bridgehead atoms. The number of nitrogen functional groups attached to an aromatic ring is 1. The summed E-state index contributed by atoms with van der Waals surface area (Å²) in [6.07, 6.45) is 0. The molecule has 92 valence electrons. The summed E-state index contributed by atoms with van der Waals surface area (Å²) in [5, 5.41) is 0. The van der Waals surface area contributed by atoms with E-state index in [0.717, 1.165) is 0 Å². The molecule has 0 fully saturated rings. The van der Waals surface area contributed by atoms with Crippen LogP contribution in [-0.4, -0.2) is 25.2 Å². The molecule has 0 aliphatic carbocycles. The van der Waals surface area contributed by atoms with E-state index in [2.05, 4.69) is 0 Å². The molecule has 1 rings (SSSR count). The Kier molecular flexibility index (Phi) is 4.51. The van der Waals surface area contributed by atoms with Gasteiger partial charge in [-0.25, -0.2) is 9.59 Å². The van der Waals surface area contributed by atoms with Gasteiger partial charge in [0.2, 0.25) is 0 Å². The van der Waals surface area contributed by atoms with Crippen LogP contribution in [-0.2, 0) is 9.47 Å². The quantitative estimate of drug-likeness (QED) is 0.636. The van der Waals surface area contributed by atoms with Crippen LogP contribution in [0, 0.1) is 0 Å². The van der Waals surface area contributed by atoms with Crippen LogP contribution in [0.25, 0.3) is 0 Å². The Morgan fingerprint density at radius 3 is 2.29 bits per heavy atom. The number of hydrogen-bond donors (Lipinski definition) is 1. The van der Waals surface area contributed by atoms with E-state index in [1.807, 2.05) is 0 Å². The van der Waals surface area contributed by atoms with Crippen molar-refractivity contribution < 1.29 is 19.1 Å². The van der Waals surface area contributed by atoms with Gasteiger partial charge in [0.1, 0.15) is 0 Å². The summed E-state index contributed by atoms with van der Waals surface area (Å²) in [5.41, 5.74) is 6.07. The summed E-state index contributed by atoms with van der Waals surface area (Å²) in [6.45, 7) is 3.82. The molecule has 5 heteroatoms. The summed E-state index contributed by atoms with van der Waals surface area (Å²) in [6, 6.07) is 4.61.